The van der Waals surface area contributed by atoms with E-state index >= 15 is 0 Å². The minimum atomic E-state index is -0.330. The fourth-order valence-corrected chi connectivity index (χ4v) is 0.613. The molecule has 1 N–H and O–H groups in total. The summed E-state index contributed by atoms with van der Waals surface area (Å²) in [6, 6.07) is 0. The Morgan fingerprint density at radius 1 is 1.35 bits per heavy atom. The van der Waals surface area contributed by atoms with Gasteiger partial charge in [0, 0.05) is 18.9 Å². The molecule has 0 radical (unpaired) electrons. The molecule has 0 amide bonds. The van der Waals surface area contributed by atoms with Crippen LogP contribution in [0.5, 0.6) is 0 Å². The van der Waals surface area contributed by atoms with Crippen molar-refractivity contribution in [2.24, 2.45) is 0 Å². The normalized spacial score (nSPS) is 8.35. The number of esters is 2. The van der Waals surface area contributed by atoms with Gasteiger partial charge >= 0.3 is 11.9 Å². The molecule has 0 heterocycles. The Morgan fingerprint density at radius 2 is 1.95 bits per heavy atom. The zero-order chi connectivity index (χ0) is 16.2. The maximum absolute atomic E-state index is 10.3. The summed E-state index contributed by atoms with van der Waals surface area (Å²) in [5.41, 5.74) is 0. The van der Waals surface area contributed by atoms with E-state index in [9.17, 15) is 9.59 Å². The van der Waals surface area contributed by atoms with Gasteiger partial charge in [0.15, 0.2) is 0 Å². The molecule has 0 bridgehead atoms. The van der Waals surface area contributed by atoms with E-state index in [1.165, 1.54) is 19.1 Å². The van der Waals surface area contributed by atoms with E-state index < -0.39 is 0 Å². The van der Waals surface area contributed by atoms with Crippen LogP contribution >= 0.6 is 11.6 Å². The minimum Gasteiger partial charge on any atom is -0.516 e. The van der Waals surface area contributed by atoms with E-state index in [-0.39, 0.29) is 11.9 Å². The third-order valence-electron chi connectivity index (χ3n) is 1.35. The standard InChI is InChI=1S/C7H12O2.C4H6O2.C3H5ClO/c1-3-5-6-9-7(8)4-2;1-3-6-4(2)5;4-2-1-3-5/h4H,2-3,5-6H2,1H3;3H,1H2,2H3;1,3,5H,2H2. The number of unbranched alkanes of at least 4 members (excludes halogenated alkanes) is 1. The number of halogens is 1. The highest BCUT2D eigenvalue weighted by atomic mass is 35.5. The van der Waals surface area contributed by atoms with Crippen LogP contribution in [0.3, 0.4) is 0 Å². The predicted molar refractivity (Wildman–Crippen MR) is 80.5 cm³/mol. The van der Waals surface area contributed by atoms with E-state index in [0.717, 1.165) is 25.4 Å². The first-order valence-corrected chi connectivity index (χ1v) is 6.45. The van der Waals surface area contributed by atoms with E-state index in [0.29, 0.717) is 12.5 Å². The first kappa shape index (κ1) is 23.4. The second-order valence-corrected chi connectivity index (χ2v) is 3.35. The van der Waals surface area contributed by atoms with Gasteiger partial charge in [-0.1, -0.05) is 26.5 Å². The van der Waals surface area contributed by atoms with Gasteiger partial charge in [-0.15, -0.1) is 11.6 Å². The molecule has 0 aliphatic heterocycles. The summed E-state index contributed by atoms with van der Waals surface area (Å²) in [4.78, 5) is 20.1. The van der Waals surface area contributed by atoms with E-state index in [2.05, 4.69) is 22.6 Å². The Balaban J connectivity index is -0.000000230. The van der Waals surface area contributed by atoms with E-state index in [4.69, 9.17) is 16.7 Å². The van der Waals surface area contributed by atoms with Crippen LogP contribution in [0.2, 0.25) is 0 Å². The van der Waals surface area contributed by atoms with Crippen molar-refractivity contribution < 1.29 is 24.2 Å². The summed E-state index contributed by atoms with van der Waals surface area (Å²) >= 11 is 5.05. The van der Waals surface area contributed by atoms with Crippen LogP contribution in [0.4, 0.5) is 0 Å². The van der Waals surface area contributed by atoms with Crippen molar-refractivity contribution in [3.8, 4) is 0 Å². The Kier molecular flexibility index (Phi) is 26.2. The number of rotatable bonds is 6. The van der Waals surface area contributed by atoms with Crippen LogP contribution < -0.4 is 0 Å². The smallest absolute Gasteiger partial charge is 0.330 e. The molecule has 116 valence electrons. The molecule has 0 aromatic carbocycles. The topological polar surface area (TPSA) is 72.8 Å². The average molecular weight is 307 g/mol. The summed E-state index contributed by atoms with van der Waals surface area (Å²) in [5, 5.41) is 7.80. The van der Waals surface area contributed by atoms with Crippen LogP contribution in [-0.2, 0) is 19.1 Å². The Bertz CT molecular complexity index is 287. The molecular formula is C14H23ClO5. The number of carbonyl (C=O) groups is 2. The highest BCUT2D eigenvalue weighted by Crippen LogP contribution is 1.88. The van der Waals surface area contributed by atoms with Gasteiger partial charge in [0.25, 0.3) is 0 Å². The van der Waals surface area contributed by atoms with Crippen molar-refractivity contribution in [1.29, 1.82) is 0 Å². The predicted octanol–water partition coefficient (Wildman–Crippen LogP) is 3.51. The van der Waals surface area contributed by atoms with Crippen molar-refractivity contribution >= 4 is 23.5 Å². The molecule has 0 unspecified atom stereocenters. The second kappa shape index (κ2) is 22.4. The summed E-state index contributed by atoms with van der Waals surface area (Å²) in [6.07, 6.45) is 6.62. The second-order valence-electron chi connectivity index (χ2n) is 3.04. The summed E-state index contributed by atoms with van der Waals surface area (Å²) in [6.45, 7) is 10.3. The summed E-state index contributed by atoms with van der Waals surface area (Å²) in [5.74, 6) is -0.273. The van der Waals surface area contributed by atoms with Gasteiger partial charge in [-0.2, -0.15) is 0 Å². The van der Waals surface area contributed by atoms with Gasteiger partial charge in [0.2, 0.25) is 0 Å². The lowest BCUT2D eigenvalue weighted by atomic mass is 10.4. The molecule has 0 spiro atoms. The van der Waals surface area contributed by atoms with Crippen LogP contribution in [0.25, 0.3) is 0 Å². The highest BCUT2D eigenvalue weighted by Gasteiger charge is 1.91. The molecule has 0 saturated carbocycles. The molecule has 5 nitrogen and oxygen atoms in total. The number of hydrogen-bond donors (Lipinski definition) is 1. The molecule has 0 aromatic rings. The number of aliphatic hydroxyl groups excluding tert-OH is 1. The van der Waals surface area contributed by atoms with E-state index in [1.807, 2.05) is 6.92 Å². The van der Waals surface area contributed by atoms with Gasteiger partial charge in [0.1, 0.15) is 0 Å². The SMILES string of the molecule is C=CC(=O)OCCCC.C=COC(C)=O.OC=CCCl. The lowest BCUT2D eigenvalue weighted by molar-refractivity contribution is -0.138. The quantitative estimate of drug-likeness (QED) is 0.267. The van der Waals surface area contributed by atoms with Gasteiger partial charge in [-0.25, -0.2) is 4.79 Å². The number of alkyl halides is 1. The molecule has 20 heavy (non-hydrogen) atoms. The Hall–Kier alpha value is -1.75. The van der Waals surface area contributed by atoms with Crippen molar-refractivity contribution in [3.05, 3.63) is 37.8 Å². The van der Waals surface area contributed by atoms with Crippen LogP contribution in [0, 0.1) is 0 Å². The molecule has 0 aliphatic rings. The molecule has 0 fully saturated rings. The largest absolute Gasteiger partial charge is 0.516 e. The summed E-state index contributed by atoms with van der Waals surface area (Å²) in [7, 11) is 0. The monoisotopic (exact) mass is 306 g/mol. The number of allylic oxidation sites excluding steroid dienone is 1. The molecule has 6 heteroatoms. The number of hydrogen-bond acceptors (Lipinski definition) is 5. The molecule has 0 aliphatic carbocycles. The number of ether oxygens (including phenoxy) is 2. The lowest BCUT2D eigenvalue weighted by Crippen LogP contribution is -2.00. The van der Waals surface area contributed by atoms with Crippen molar-refractivity contribution in [1.82, 2.24) is 0 Å². The van der Waals surface area contributed by atoms with Crippen LogP contribution in [0.1, 0.15) is 26.7 Å². The lowest BCUT2D eigenvalue weighted by Gasteiger charge is -1.97. The van der Waals surface area contributed by atoms with Crippen molar-refractivity contribution in [3.63, 3.8) is 0 Å². The Labute approximate surface area is 125 Å². The van der Waals surface area contributed by atoms with Crippen LogP contribution in [0.15, 0.2) is 37.8 Å². The third-order valence-corrected chi connectivity index (χ3v) is 1.53. The maximum atomic E-state index is 10.3. The molecule has 0 atom stereocenters. The number of carbonyl (C=O) groups excluding carboxylic acids is 2. The highest BCUT2D eigenvalue weighted by molar-refractivity contribution is 6.18. The fraction of sp³-hybridized carbons (Fsp3) is 0.429. The van der Waals surface area contributed by atoms with Gasteiger partial charge < -0.3 is 14.6 Å². The zero-order valence-electron chi connectivity index (χ0n) is 12.0. The molecular weight excluding hydrogens is 284 g/mol. The van der Waals surface area contributed by atoms with Crippen molar-refractivity contribution in [2.45, 2.75) is 26.7 Å². The van der Waals surface area contributed by atoms with Crippen LogP contribution in [-0.4, -0.2) is 29.5 Å². The third kappa shape index (κ3) is 36.0. The maximum Gasteiger partial charge on any atom is 0.330 e. The first-order valence-electron chi connectivity index (χ1n) is 5.92. The minimum absolute atomic E-state index is 0.329. The average Bonchev–Trinajstić information content (AvgIpc) is 2.41. The summed E-state index contributed by atoms with van der Waals surface area (Å²) < 4.78 is 8.84. The zero-order valence-corrected chi connectivity index (χ0v) is 12.8. The van der Waals surface area contributed by atoms with Gasteiger partial charge in [0.05, 0.1) is 19.1 Å². The van der Waals surface area contributed by atoms with E-state index in [1.54, 1.807) is 0 Å². The van der Waals surface area contributed by atoms with Gasteiger partial charge in [-0.05, 0) is 12.5 Å². The first-order chi connectivity index (χ1) is 9.49. The molecule has 0 rings (SSSR count). The van der Waals surface area contributed by atoms with Crippen molar-refractivity contribution in [2.75, 3.05) is 12.5 Å². The number of aliphatic hydroxyl groups is 1. The molecule has 0 aromatic heterocycles. The van der Waals surface area contributed by atoms with Gasteiger partial charge in [-0.3, -0.25) is 4.79 Å². The molecule has 0 saturated heterocycles. The Morgan fingerprint density at radius 3 is 2.15 bits per heavy atom. The fourth-order valence-electron chi connectivity index (χ4n) is 0.533.